The number of ketones is 1. The normalized spacial score (nSPS) is 21.1. The number of hydrogen-bond acceptors (Lipinski definition) is 2. The van der Waals surface area contributed by atoms with Gasteiger partial charge in [-0.25, -0.2) is 0 Å². The SMILES string of the molecule is O=C1CCNCC1Cc1ccc(C(F)(F)F)cc1. The van der Waals surface area contributed by atoms with Crippen LogP contribution in [0, 0.1) is 5.92 Å². The van der Waals surface area contributed by atoms with Gasteiger partial charge in [0, 0.05) is 25.4 Å². The lowest BCUT2D eigenvalue weighted by Crippen LogP contribution is -2.37. The van der Waals surface area contributed by atoms with E-state index >= 15 is 0 Å². The molecule has 0 aromatic heterocycles. The van der Waals surface area contributed by atoms with Crippen LogP contribution in [0.3, 0.4) is 0 Å². The second-order valence-electron chi connectivity index (χ2n) is 4.52. The topological polar surface area (TPSA) is 29.1 Å². The van der Waals surface area contributed by atoms with Crippen LogP contribution in [0.4, 0.5) is 13.2 Å². The predicted octanol–water partition coefficient (Wildman–Crippen LogP) is 2.43. The first kappa shape index (κ1) is 13.1. The van der Waals surface area contributed by atoms with Crippen LogP contribution >= 0.6 is 0 Å². The number of benzene rings is 1. The van der Waals surface area contributed by atoms with Crippen molar-refractivity contribution in [1.82, 2.24) is 5.32 Å². The summed E-state index contributed by atoms with van der Waals surface area (Å²) in [5, 5.41) is 3.12. The lowest BCUT2D eigenvalue weighted by Gasteiger charge is -2.21. The Morgan fingerprint density at radius 2 is 1.89 bits per heavy atom. The van der Waals surface area contributed by atoms with E-state index in [0.29, 0.717) is 25.9 Å². The number of carbonyl (C=O) groups excluding carboxylic acids is 1. The Morgan fingerprint density at radius 3 is 2.44 bits per heavy atom. The number of carbonyl (C=O) groups is 1. The molecule has 1 fully saturated rings. The van der Waals surface area contributed by atoms with E-state index in [2.05, 4.69) is 5.32 Å². The monoisotopic (exact) mass is 257 g/mol. The van der Waals surface area contributed by atoms with E-state index in [4.69, 9.17) is 0 Å². The third-order valence-corrected chi connectivity index (χ3v) is 3.16. The van der Waals surface area contributed by atoms with Gasteiger partial charge in [-0.2, -0.15) is 13.2 Å². The van der Waals surface area contributed by atoms with E-state index in [0.717, 1.165) is 17.7 Å². The zero-order chi connectivity index (χ0) is 13.2. The van der Waals surface area contributed by atoms with Crippen molar-refractivity contribution in [3.63, 3.8) is 0 Å². The Kier molecular flexibility index (Phi) is 3.71. The largest absolute Gasteiger partial charge is 0.416 e. The third-order valence-electron chi connectivity index (χ3n) is 3.16. The minimum Gasteiger partial charge on any atom is -0.316 e. The van der Waals surface area contributed by atoms with Crippen LogP contribution in [-0.2, 0) is 17.4 Å². The first-order valence-corrected chi connectivity index (χ1v) is 5.86. The summed E-state index contributed by atoms with van der Waals surface area (Å²) < 4.78 is 37.1. The lowest BCUT2D eigenvalue weighted by molar-refractivity contribution is -0.137. The molecule has 1 aliphatic rings. The highest BCUT2D eigenvalue weighted by Crippen LogP contribution is 2.29. The summed E-state index contributed by atoms with van der Waals surface area (Å²) >= 11 is 0. The van der Waals surface area contributed by atoms with E-state index in [1.165, 1.54) is 12.1 Å². The van der Waals surface area contributed by atoms with Crippen molar-refractivity contribution in [3.8, 4) is 0 Å². The first-order valence-electron chi connectivity index (χ1n) is 5.86. The van der Waals surface area contributed by atoms with Crippen molar-refractivity contribution in [2.75, 3.05) is 13.1 Å². The maximum atomic E-state index is 12.4. The molecule has 1 aromatic carbocycles. The molecule has 1 heterocycles. The molecule has 18 heavy (non-hydrogen) atoms. The Morgan fingerprint density at radius 1 is 1.22 bits per heavy atom. The van der Waals surface area contributed by atoms with Gasteiger partial charge in [0.1, 0.15) is 5.78 Å². The molecule has 0 bridgehead atoms. The number of Topliss-reactive ketones (excluding diaryl/α,β-unsaturated/α-hetero) is 1. The molecule has 5 heteroatoms. The summed E-state index contributed by atoms with van der Waals surface area (Å²) in [6, 6.07) is 5.03. The summed E-state index contributed by atoms with van der Waals surface area (Å²) in [6.45, 7) is 1.31. The van der Waals surface area contributed by atoms with Gasteiger partial charge in [0.25, 0.3) is 0 Å². The fourth-order valence-electron chi connectivity index (χ4n) is 2.11. The van der Waals surface area contributed by atoms with Gasteiger partial charge in [0.15, 0.2) is 0 Å². The highest BCUT2D eigenvalue weighted by molar-refractivity contribution is 5.82. The van der Waals surface area contributed by atoms with Crippen LogP contribution in [0.1, 0.15) is 17.5 Å². The molecule has 1 aliphatic heterocycles. The van der Waals surface area contributed by atoms with Gasteiger partial charge in [-0.3, -0.25) is 4.79 Å². The van der Waals surface area contributed by atoms with E-state index in [-0.39, 0.29) is 11.7 Å². The van der Waals surface area contributed by atoms with E-state index in [9.17, 15) is 18.0 Å². The molecule has 1 N–H and O–H groups in total. The van der Waals surface area contributed by atoms with Crippen LogP contribution in [0.25, 0.3) is 0 Å². The molecule has 2 nitrogen and oxygen atoms in total. The van der Waals surface area contributed by atoms with Gasteiger partial charge in [-0.05, 0) is 24.1 Å². The average Bonchev–Trinajstić information content (AvgIpc) is 2.32. The number of nitrogens with one attached hydrogen (secondary N) is 1. The van der Waals surface area contributed by atoms with Crippen molar-refractivity contribution in [2.45, 2.75) is 19.0 Å². The number of alkyl halides is 3. The van der Waals surface area contributed by atoms with Gasteiger partial charge in [-0.1, -0.05) is 12.1 Å². The van der Waals surface area contributed by atoms with Gasteiger partial charge >= 0.3 is 6.18 Å². The summed E-state index contributed by atoms with van der Waals surface area (Å²) in [5.41, 5.74) is 0.115. The molecule has 0 radical (unpaired) electrons. The van der Waals surface area contributed by atoms with Gasteiger partial charge in [0.2, 0.25) is 0 Å². The number of hydrogen-bond donors (Lipinski definition) is 1. The number of piperidine rings is 1. The van der Waals surface area contributed by atoms with Crippen LogP contribution < -0.4 is 5.32 Å². The minimum absolute atomic E-state index is 0.115. The molecule has 1 aromatic rings. The Hall–Kier alpha value is -1.36. The quantitative estimate of drug-likeness (QED) is 0.881. The maximum absolute atomic E-state index is 12.4. The Balaban J connectivity index is 2.04. The smallest absolute Gasteiger partial charge is 0.316 e. The fourth-order valence-corrected chi connectivity index (χ4v) is 2.11. The molecular weight excluding hydrogens is 243 g/mol. The summed E-state index contributed by atoms with van der Waals surface area (Å²) in [7, 11) is 0. The molecule has 1 unspecified atom stereocenters. The van der Waals surface area contributed by atoms with Crippen LogP contribution in [0.15, 0.2) is 24.3 Å². The van der Waals surface area contributed by atoms with E-state index in [1.54, 1.807) is 0 Å². The van der Waals surface area contributed by atoms with Crippen molar-refractivity contribution >= 4 is 5.78 Å². The standard InChI is InChI=1S/C13H14F3NO/c14-13(15,16)11-3-1-9(2-4-11)7-10-8-17-6-5-12(10)18/h1-4,10,17H,5-8H2. The van der Waals surface area contributed by atoms with Crippen molar-refractivity contribution in [1.29, 1.82) is 0 Å². The number of rotatable bonds is 2. The van der Waals surface area contributed by atoms with E-state index in [1.807, 2.05) is 0 Å². The van der Waals surface area contributed by atoms with Crippen molar-refractivity contribution in [2.24, 2.45) is 5.92 Å². The maximum Gasteiger partial charge on any atom is 0.416 e. The van der Waals surface area contributed by atoms with Crippen LogP contribution in [-0.4, -0.2) is 18.9 Å². The zero-order valence-electron chi connectivity index (χ0n) is 9.76. The molecule has 0 amide bonds. The van der Waals surface area contributed by atoms with Gasteiger partial charge in [0.05, 0.1) is 5.56 Å². The van der Waals surface area contributed by atoms with Gasteiger partial charge < -0.3 is 5.32 Å². The molecule has 0 spiro atoms. The van der Waals surface area contributed by atoms with Crippen LogP contribution in [0.2, 0.25) is 0 Å². The highest BCUT2D eigenvalue weighted by Gasteiger charge is 2.30. The minimum atomic E-state index is -4.30. The summed E-state index contributed by atoms with van der Waals surface area (Å²) in [4.78, 5) is 11.6. The number of halogens is 3. The van der Waals surface area contributed by atoms with Crippen molar-refractivity contribution < 1.29 is 18.0 Å². The van der Waals surface area contributed by atoms with E-state index < -0.39 is 11.7 Å². The van der Waals surface area contributed by atoms with Crippen molar-refractivity contribution in [3.05, 3.63) is 35.4 Å². The average molecular weight is 257 g/mol. The second-order valence-corrected chi connectivity index (χ2v) is 4.52. The molecule has 0 aliphatic carbocycles. The fraction of sp³-hybridized carbons (Fsp3) is 0.462. The molecule has 0 saturated carbocycles. The lowest BCUT2D eigenvalue weighted by atomic mass is 9.91. The zero-order valence-corrected chi connectivity index (χ0v) is 9.76. The van der Waals surface area contributed by atoms with Crippen LogP contribution in [0.5, 0.6) is 0 Å². The highest BCUT2D eigenvalue weighted by atomic mass is 19.4. The Labute approximate surface area is 103 Å². The molecule has 98 valence electrons. The molecule has 1 saturated heterocycles. The summed E-state index contributed by atoms with van der Waals surface area (Å²) in [6.07, 6.45) is -3.30. The predicted molar refractivity (Wildman–Crippen MR) is 61.1 cm³/mol. The Bertz CT molecular complexity index is 425. The summed E-state index contributed by atoms with van der Waals surface area (Å²) in [5.74, 6) is 0.0733. The second kappa shape index (κ2) is 5.10. The molecule has 1 atom stereocenters. The molecular formula is C13H14F3NO. The first-order chi connectivity index (χ1) is 8.47. The molecule has 2 rings (SSSR count). The van der Waals surface area contributed by atoms with Gasteiger partial charge in [-0.15, -0.1) is 0 Å². The third kappa shape index (κ3) is 3.10.